The van der Waals surface area contributed by atoms with Crippen molar-refractivity contribution in [2.24, 2.45) is 17.1 Å². The Morgan fingerprint density at radius 2 is 1.20 bits per heavy atom. The van der Waals surface area contributed by atoms with E-state index in [1.807, 2.05) is 0 Å². The molecule has 2 heterocycles. The van der Waals surface area contributed by atoms with Gasteiger partial charge in [-0.05, 0) is 63.6 Å². The number of primary amides is 1. The molecule has 0 fully saturated rings. The van der Waals surface area contributed by atoms with Crippen LogP contribution in [0, 0.1) is 23.2 Å². The van der Waals surface area contributed by atoms with Crippen molar-refractivity contribution in [1.29, 1.82) is 0 Å². The van der Waals surface area contributed by atoms with Crippen molar-refractivity contribution in [2.45, 2.75) is 104 Å². The number of amides is 7. The SMILES string of the molecule is CC(C)[C@H](NC(=O)COCC(=O)NCCOCCOCCOCCOCCOCCOCCOCCOCCn1cc(CNC(=O)CCCC#Cc2cnc(S(C)(=O)=O)nc2)nn1)C(=O)N[C@@H](CCCNC(N)=O)C(=O)Nc1ccc(COC(=O)C(C)(C)C)cc1. The topological polar surface area (TPSA) is 401 Å². The lowest BCUT2D eigenvalue weighted by molar-refractivity contribution is -0.154. The van der Waals surface area contributed by atoms with Crippen LogP contribution < -0.4 is 37.6 Å². The van der Waals surface area contributed by atoms with E-state index in [0.717, 1.165) is 6.26 Å². The van der Waals surface area contributed by atoms with E-state index >= 15 is 0 Å². The van der Waals surface area contributed by atoms with E-state index in [4.69, 9.17) is 53.1 Å². The summed E-state index contributed by atoms with van der Waals surface area (Å²) in [6, 6.07) is 3.78. The number of ether oxygens (including phenoxy) is 10. The molecule has 32 heteroatoms. The van der Waals surface area contributed by atoms with Gasteiger partial charge in [0.25, 0.3) is 0 Å². The zero-order valence-corrected chi connectivity index (χ0v) is 53.9. The molecule has 0 aliphatic rings. The molecule has 91 heavy (non-hydrogen) atoms. The molecule has 8 N–H and O–H groups in total. The number of nitrogens with zero attached hydrogens (tertiary/aromatic N) is 5. The Hall–Kier alpha value is -7.32. The van der Waals surface area contributed by atoms with E-state index < -0.39 is 76.1 Å². The van der Waals surface area contributed by atoms with Gasteiger partial charge in [-0.25, -0.2) is 27.9 Å². The minimum absolute atomic E-state index is 0.0515. The molecule has 0 aliphatic carbocycles. The summed E-state index contributed by atoms with van der Waals surface area (Å²) in [5, 5.41) is 23.9. The van der Waals surface area contributed by atoms with E-state index in [2.05, 4.69) is 64.0 Å². The van der Waals surface area contributed by atoms with E-state index in [1.165, 1.54) is 12.4 Å². The van der Waals surface area contributed by atoms with Crippen molar-refractivity contribution >= 4 is 57.1 Å². The summed E-state index contributed by atoms with van der Waals surface area (Å²) in [5.74, 6) is 2.57. The molecular weight excluding hydrogens is 1210 g/mol. The Morgan fingerprint density at radius 1 is 0.648 bits per heavy atom. The fourth-order valence-corrected chi connectivity index (χ4v) is 7.80. The van der Waals surface area contributed by atoms with Crippen LogP contribution in [-0.4, -0.2) is 225 Å². The maximum absolute atomic E-state index is 13.5. The number of rotatable bonds is 49. The fourth-order valence-electron chi connectivity index (χ4n) is 7.31. The summed E-state index contributed by atoms with van der Waals surface area (Å²) in [6.07, 6.45) is 7.18. The molecule has 1 aromatic carbocycles. The molecule has 0 bridgehead atoms. The zero-order chi connectivity index (χ0) is 66.5. The number of carbonyl (C=O) groups is 7. The fraction of sp³-hybridized carbons (Fsp3) is 0.644. The molecule has 31 nitrogen and oxygen atoms in total. The van der Waals surface area contributed by atoms with Gasteiger partial charge in [0.15, 0.2) is 0 Å². The molecule has 3 rings (SSSR count). The van der Waals surface area contributed by atoms with Crippen molar-refractivity contribution < 1.29 is 89.3 Å². The average Bonchev–Trinajstić information content (AvgIpc) is 2.54. The molecule has 0 radical (unpaired) electrons. The first-order valence-corrected chi connectivity index (χ1v) is 31.8. The van der Waals surface area contributed by atoms with Crippen molar-refractivity contribution in [2.75, 3.05) is 144 Å². The maximum atomic E-state index is 13.5. The lowest BCUT2D eigenvalue weighted by atomic mass is 9.97. The van der Waals surface area contributed by atoms with Crippen LogP contribution in [-0.2, 0) is 106 Å². The average molecular weight is 1310 g/mol. The highest BCUT2D eigenvalue weighted by Crippen LogP contribution is 2.18. The minimum Gasteiger partial charge on any atom is -0.460 e. The first-order valence-electron chi connectivity index (χ1n) is 29.9. The number of nitrogens with two attached hydrogens (primary N) is 1. The number of anilines is 1. The predicted molar refractivity (Wildman–Crippen MR) is 328 cm³/mol. The van der Waals surface area contributed by atoms with Crippen LogP contribution in [0.2, 0.25) is 0 Å². The van der Waals surface area contributed by atoms with Gasteiger partial charge in [-0.1, -0.05) is 43.0 Å². The van der Waals surface area contributed by atoms with E-state index in [-0.39, 0.29) is 69.1 Å². The highest BCUT2D eigenvalue weighted by atomic mass is 32.2. The smallest absolute Gasteiger partial charge is 0.312 e. The normalized spacial score (nSPS) is 12.1. The molecule has 7 amide bonds. The van der Waals surface area contributed by atoms with Gasteiger partial charge < -0.3 is 85.0 Å². The van der Waals surface area contributed by atoms with Crippen LogP contribution in [0.1, 0.15) is 83.5 Å². The van der Waals surface area contributed by atoms with Gasteiger partial charge in [0, 0.05) is 50.3 Å². The van der Waals surface area contributed by atoms with Crippen LogP contribution in [0.5, 0.6) is 0 Å². The van der Waals surface area contributed by atoms with Gasteiger partial charge in [0.05, 0.1) is 136 Å². The number of carbonyl (C=O) groups excluding carboxylic acids is 7. The lowest BCUT2D eigenvalue weighted by Gasteiger charge is -2.25. The number of sulfone groups is 1. The van der Waals surface area contributed by atoms with E-state index in [9.17, 15) is 42.0 Å². The zero-order valence-electron chi connectivity index (χ0n) is 53.1. The number of aromatic nitrogens is 5. The number of hydrogen-bond donors (Lipinski definition) is 7. The third-order valence-corrected chi connectivity index (χ3v) is 13.0. The van der Waals surface area contributed by atoms with E-state index in [1.54, 1.807) is 69.8 Å². The Kier molecular flexibility index (Phi) is 39.3. The number of unbranched alkanes of at least 4 members (excludes halogenated alkanes) is 1. The number of hydrogen-bond acceptors (Lipinski definition) is 23. The van der Waals surface area contributed by atoms with Gasteiger partial charge in [0.1, 0.15) is 37.6 Å². The number of esters is 1. The summed E-state index contributed by atoms with van der Waals surface area (Å²) in [6.45, 7) is 14.9. The maximum Gasteiger partial charge on any atom is 0.312 e. The van der Waals surface area contributed by atoms with Crippen LogP contribution in [0.3, 0.4) is 0 Å². The number of nitrogens with one attached hydrogen (secondary N) is 6. The third-order valence-electron chi connectivity index (χ3n) is 12.1. The Morgan fingerprint density at radius 3 is 1.74 bits per heavy atom. The van der Waals surface area contributed by atoms with Crippen molar-refractivity contribution in [3.63, 3.8) is 0 Å². The lowest BCUT2D eigenvalue weighted by Crippen LogP contribution is -2.55. The van der Waals surface area contributed by atoms with Gasteiger partial charge >= 0.3 is 12.0 Å². The summed E-state index contributed by atoms with van der Waals surface area (Å²) in [5.41, 5.74) is 6.75. The van der Waals surface area contributed by atoms with E-state index in [0.29, 0.717) is 141 Å². The van der Waals surface area contributed by atoms with Gasteiger partial charge in [-0.15, -0.1) is 5.10 Å². The molecule has 0 saturated carbocycles. The van der Waals surface area contributed by atoms with Crippen molar-refractivity contribution in [1.82, 2.24) is 51.5 Å². The van der Waals surface area contributed by atoms with Gasteiger partial charge in [-0.3, -0.25) is 28.8 Å². The highest BCUT2D eigenvalue weighted by Gasteiger charge is 2.29. The van der Waals surface area contributed by atoms with Gasteiger partial charge in [0.2, 0.25) is 44.5 Å². The third kappa shape index (κ3) is 38.2. The van der Waals surface area contributed by atoms with Crippen molar-refractivity contribution in [3.8, 4) is 11.8 Å². The predicted octanol–water partition coefficient (Wildman–Crippen LogP) is 0.377. The standard InChI is InChI=1S/C59H92N12O19S/c1-44(2)53(55(76)67-49(12-10-18-62-57(60)78)54(75)66-47-16-14-45(15-17-47)41-90-56(77)59(3,4)5)68-52(74)43-89-42-51(73)61-19-21-81-23-25-83-27-29-85-31-33-87-35-36-88-34-32-86-30-28-84-26-24-82-22-20-71-40-48(69-70-71)39-63-50(72)13-9-7-8-11-46-37-64-58(65-38-46)91(6,79)80/h14-17,37-38,40,44,49,53H,7,9-10,12-13,18-36,39,41-43H2,1-6H3,(H,61,73)(H,63,72)(H,66,75)(H,67,76)(H,68,74)(H3,60,62,78)/t49-,53-/m0/s1. The first kappa shape index (κ1) is 77.9. The quantitative estimate of drug-likeness (QED) is 0.0174. The Labute approximate surface area is 531 Å². The Bertz CT molecular complexity index is 2790. The molecule has 3 aromatic rings. The molecule has 0 aliphatic heterocycles. The van der Waals surface area contributed by atoms with Gasteiger partial charge in [-0.2, -0.15) is 0 Å². The molecular formula is C59H92N12O19S. The summed E-state index contributed by atoms with van der Waals surface area (Å²) >= 11 is 0. The Balaban J connectivity index is 1.08. The van der Waals surface area contributed by atoms with Crippen LogP contribution in [0.4, 0.5) is 10.5 Å². The van der Waals surface area contributed by atoms with Crippen molar-refractivity contribution in [3.05, 3.63) is 59.7 Å². The monoisotopic (exact) mass is 1300 g/mol. The largest absolute Gasteiger partial charge is 0.460 e. The molecule has 2 aromatic heterocycles. The van der Waals surface area contributed by atoms with Crippen LogP contribution >= 0.6 is 0 Å². The molecule has 0 spiro atoms. The number of urea groups is 1. The molecule has 508 valence electrons. The summed E-state index contributed by atoms with van der Waals surface area (Å²) in [7, 11) is -3.47. The summed E-state index contributed by atoms with van der Waals surface area (Å²) < 4.78 is 79.4. The van der Waals surface area contributed by atoms with Crippen LogP contribution in [0.25, 0.3) is 0 Å². The molecule has 2 atom stereocenters. The minimum atomic E-state index is -3.47. The second-order valence-corrected chi connectivity index (χ2v) is 23.4. The highest BCUT2D eigenvalue weighted by molar-refractivity contribution is 7.90. The first-order chi connectivity index (χ1) is 43.6. The second kappa shape index (κ2) is 45.9. The summed E-state index contributed by atoms with van der Waals surface area (Å²) in [4.78, 5) is 95.2. The number of benzene rings is 1. The second-order valence-electron chi connectivity index (χ2n) is 21.5. The molecule has 0 saturated heterocycles. The van der Waals surface area contributed by atoms with Crippen LogP contribution in [0.15, 0.2) is 48.0 Å². The molecule has 0 unspecified atom stereocenters.